The fraction of sp³-hybridized carbons (Fsp3) is 0.458. The van der Waals surface area contributed by atoms with E-state index in [1.165, 1.54) is 16.7 Å². The standard InChI is InChI=1S/C24H33N7O2S/c1-12(2)29-24(32)30-15-5-6-16-20(8-15)34-23-21(16)22(27-11-28-23)31-18-7-14(10-25)17(26)9-19(18)33-13(3)4/h7,9-13,15,24-25,29-30,32H,5-6,8,26H2,1-4H3,(H,27,28,31)/p+1. The van der Waals surface area contributed by atoms with Gasteiger partial charge in [-0.1, -0.05) is 0 Å². The number of aliphatic hydroxyl groups is 1. The smallest absolute Gasteiger partial charge is 0.169 e. The highest BCUT2D eigenvalue weighted by Gasteiger charge is 2.26. The fourth-order valence-electron chi connectivity index (χ4n) is 4.27. The minimum absolute atomic E-state index is 0.0167. The number of aromatic nitrogens is 2. The Hall–Kier alpha value is -2.79. The molecule has 4 rings (SSSR count). The van der Waals surface area contributed by atoms with Crippen molar-refractivity contribution < 1.29 is 15.3 Å². The lowest BCUT2D eigenvalue weighted by Crippen LogP contribution is -2.50. The molecule has 2 unspecified atom stereocenters. The highest BCUT2D eigenvalue weighted by atomic mass is 32.1. The number of aryl methyl sites for hydroxylation is 1. The molecule has 0 bridgehead atoms. The van der Waals surface area contributed by atoms with Crippen LogP contribution in [0, 0.1) is 0 Å². The highest BCUT2D eigenvalue weighted by molar-refractivity contribution is 7.19. The molecule has 9 nitrogen and oxygen atoms in total. The lowest BCUT2D eigenvalue weighted by atomic mass is 9.93. The van der Waals surface area contributed by atoms with Crippen LogP contribution in [-0.2, 0) is 12.8 Å². The van der Waals surface area contributed by atoms with Crippen LogP contribution in [0.4, 0.5) is 17.2 Å². The molecule has 2 aromatic heterocycles. The molecule has 0 saturated carbocycles. The largest absolute Gasteiger partial charge is 0.489 e. The number of nitrogens with two attached hydrogens (primary N) is 2. The van der Waals surface area contributed by atoms with Crippen LogP contribution in [-0.4, -0.2) is 45.8 Å². The molecule has 1 aliphatic rings. The second-order valence-electron chi connectivity index (χ2n) is 9.17. The Kier molecular flexibility index (Phi) is 7.32. The first-order valence-electron chi connectivity index (χ1n) is 11.6. The number of rotatable bonds is 9. The topological polar surface area (TPSA) is 143 Å². The van der Waals surface area contributed by atoms with Gasteiger partial charge in [0.05, 0.1) is 22.7 Å². The van der Waals surface area contributed by atoms with Crippen LogP contribution < -0.4 is 31.8 Å². The van der Waals surface area contributed by atoms with Crippen molar-refractivity contribution >= 4 is 45.0 Å². The molecule has 2 heterocycles. The Bertz CT molecular complexity index is 1180. The van der Waals surface area contributed by atoms with E-state index in [4.69, 9.17) is 15.9 Å². The molecular weight excluding hydrogens is 450 g/mol. The second kappa shape index (κ2) is 10.2. The van der Waals surface area contributed by atoms with Crippen molar-refractivity contribution in [1.29, 1.82) is 0 Å². The van der Waals surface area contributed by atoms with Gasteiger partial charge in [-0.25, -0.2) is 9.97 Å². The summed E-state index contributed by atoms with van der Waals surface area (Å²) in [6.07, 6.45) is 4.95. The van der Waals surface area contributed by atoms with Crippen molar-refractivity contribution in [3.05, 3.63) is 34.5 Å². The van der Waals surface area contributed by atoms with E-state index in [1.807, 2.05) is 33.8 Å². The van der Waals surface area contributed by atoms with E-state index < -0.39 is 6.35 Å². The summed E-state index contributed by atoms with van der Waals surface area (Å²) in [5.74, 6) is 1.38. The van der Waals surface area contributed by atoms with E-state index in [2.05, 4.69) is 25.9 Å². The summed E-state index contributed by atoms with van der Waals surface area (Å²) in [6.45, 7) is 7.96. The monoisotopic (exact) mass is 484 g/mol. The Morgan fingerprint density at radius 3 is 2.76 bits per heavy atom. The molecule has 8 N–H and O–H groups in total. The Labute approximate surface area is 203 Å². The number of benzene rings is 1. The Balaban J connectivity index is 1.65. The number of nitrogen functional groups attached to an aromatic ring is 1. The minimum Gasteiger partial charge on any atom is -0.489 e. The summed E-state index contributed by atoms with van der Waals surface area (Å²) < 4.78 is 6.01. The van der Waals surface area contributed by atoms with E-state index in [-0.39, 0.29) is 18.2 Å². The van der Waals surface area contributed by atoms with Crippen molar-refractivity contribution in [3.8, 4) is 5.75 Å². The summed E-state index contributed by atoms with van der Waals surface area (Å²) in [5.41, 5.74) is 9.42. The summed E-state index contributed by atoms with van der Waals surface area (Å²) >= 11 is 1.68. The third kappa shape index (κ3) is 5.30. The minimum atomic E-state index is -0.726. The van der Waals surface area contributed by atoms with Gasteiger partial charge in [0.2, 0.25) is 0 Å². The third-order valence-corrected chi connectivity index (χ3v) is 6.87. The third-order valence-electron chi connectivity index (χ3n) is 5.71. The molecule has 0 aliphatic heterocycles. The highest BCUT2D eigenvalue weighted by Crippen LogP contribution is 2.40. The van der Waals surface area contributed by atoms with E-state index in [9.17, 15) is 5.11 Å². The maximum Gasteiger partial charge on any atom is 0.169 e. The first-order valence-corrected chi connectivity index (χ1v) is 12.4. The Morgan fingerprint density at radius 1 is 1.26 bits per heavy atom. The molecule has 0 spiro atoms. The number of nitrogens with zero attached hydrogens (tertiary/aromatic N) is 2. The molecule has 2 atom stereocenters. The maximum absolute atomic E-state index is 10.2. The first kappa shape index (κ1) is 24.3. The van der Waals surface area contributed by atoms with E-state index in [0.29, 0.717) is 11.4 Å². The number of aliphatic hydroxyl groups excluding tert-OH is 1. The van der Waals surface area contributed by atoms with Crippen molar-refractivity contribution in [2.45, 2.75) is 71.5 Å². The first-order chi connectivity index (χ1) is 16.2. The molecule has 0 amide bonds. The molecule has 0 fully saturated rings. The van der Waals surface area contributed by atoms with Gasteiger partial charge in [0.25, 0.3) is 0 Å². The zero-order chi connectivity index (χ0) is 24.4. The van der Waals surface area contributed by atoms with Gasteiger partial charge in [-0.3, -0.25) is 16.0 Å². The quantitative estimate of drug-likeness (QED) is 0.153. The van der Waals surface area contributed by atoms with Crippen LogP contribution in [0.25, 0.3) is 10.2 Å². The van der Waals surface area contributed by atoms with E-state index in [0.717, 1.165) is 46.5 Å². The van der Waals surface area contributed by atoms with Crippen LogP contribution in [0.15, 0.2) is 18.5 Å². The number of nitrogens with one attached hydrogen (secondary N) is 3. The van der Waals surface area contributed by atoms with Crippen molar-refractivity contribution in [3.63, 3.8) is 0 Å². The lowest BCUT2D eigenvalue weighted by molar-refractivity contribution is -0.104. The SMILES string of the molecule is CC(C)NC(O)NC1CCc2c(sc3ncnc(Nc4cc(C=[NH2+])c(N)cc4OC(C)C)c23)C1. The number of hydrogen-bond acceptors (Lipinski definition) is 9. The van der Waals surface area contributed by atoms with Gasteiger partial charge in [0, 0.05) is 28.7 Å². The van der Waals surface area contributed by atoms with E-state index in [1.54, 1.807) is 23.7 Å². The lowest BCUT2D eigenvalue weighted by Gasteiger charge is -2.27. The molecular formula is C24H34N7O2S+. The Morgan fingerprint density at radius 2 is 2.06 bits per heavy atom. The molecule has 10 heteroatoms. The number of anilines is 3. The van der Waals surface area contributed by atoms with Crippen molar-refractivity contribution in [2.24, 2.45) is 0 Å². The summed E-state index contributed by atoms with van der Waals surface area (Å²) in [6, 6.07) is 4.06. The van der Waals surface area contributed by atoms with Gasteiger partial charge in [0.1, 0.15) is 22.7 Å². The number of ether oxygens (including phenoxy) is 1. The normalized spacial score (nSPS) is 16.6. The second-order valence-corrected chi connectivity index (χ2v) is 10.3. The van der Waals surface area contributed by atoms with Gasteiger partial charge < -0.3 is 20.9 Å². The molecule has 34 heavy (non-hydrogen) atoms. The molecule has 182 valence electrons. The predicted molar refractivity (Wildman–Crippen MR) is 138 cm³/mol. The van der Waals surface area contributed by atoms with Gasteiger partial charge >= 0.3 is 0 Å². The van der Waals surface area contributed by atoms with Crippen LogP contribution in [0.2, 0.25) is 0 Å². The maximum atomic E-state index is 10.2. The van der Waals surface area contributed by atoms with Crippen LogP contribution in [0.3, 0.4) is 0 Å². The number of fused-ring (bicyclic) bond motifs is 3. The average Bonchev–Trinajstić information content (AvgIpc) is 3.13. The zero-order valence-electron chi connectivity index (χ0n) is 20.1. The summed E-state index contributed by atoms with van der Waals surface area (Å²) in [4.78, 5) is 11.3. The zero-order valence-corrected chi connectivity index (χ0v) is 20.9. The number of hydrogen-bond donors (Lipinski definition) is 6. The summed E-state index contributed by atoms with van der Waals surface area (Å²) in [7, 11) is 0. The van der Waals surface area contributed by atoms with E-state index >= 15 is 0 Å². The van der Waals surface area contributed by atoms with Gasteiger partial charge in [-0.05, 0) is 58.6 Å². The van der Waals surface area contributed by atoms with Crippen LogP contribution >= 0.6 is 11.3 Å². The molecule has 1 aromatic carbocycles. The van der Waals surface area contributed by atoms with Crippen LogP contribution in [0.1, 0.15) is 50.1 Å². The van der Waals surface area contributed by atoms with Crippen LogP contribution in [0.5, 0.6) is 5.75 Å². The molecule has 1 aliphatic carbocycles. The molecule has 0 radical (unpaired) electrons. The molecule has 3 aromatic rings. The number of thiophene rings is 1. The van der Waals surface area contributed by atoms with Gasteiger partial charge in [-0.2, -0.15) is 0 Å². The fourth-order valence-corrected chi connectivity index (χ4v) is 5.53. The molecule has 0 saturated heterocycles. The predicted octanol–water partition coefficient (Wildman–Crippen LogP) is 1.70. The van der Waals surface area contributed by atoms with Crippen molar-refractivity contribution in [2.75, 3.05) is 11.1 Å². The van der Waals surface area contributed by atoms with Gasteiger partial charge in [-0.15, -0.1) is 11.3 Å². The van der Waals surface area contributed by atoms with Crippen molar-refractivity contribution in [1.82, 2.24) is 20.6 Å². The van der Waals surface area contributed by atoms with Gasteiger partial charge in [0.15, 0.2) is 12.6 Å². The average molecular weight is 485 g/mol. The summed E-state index contributed by atoms with van der Waals surface area (Å²) in [5, 5.41) is 26.9.